The number of fused-ring (bicyclic) bond motifs is 2. The zero-order chi connectivity index (χ0) is 18.9. The summed E-state index contributed by atoms with van der Waals surface area (Å²) in [5.74, 6) is 2.75. The lowest BCUT2D eigenvalue weighted by Gasteiger charge is -2.18. The normalized spacial score (nSPS) is 19.5. The van der Waals surface area contributed by atoms with Gasteiger partial charge in [0, 0.05) is 43.2 Å². The molecular weight excluding hydrogens is 368 g/mol. The van der Waals surface area contributed by atoms with Crippen LogP contribution in [-0.4, -0.2) is 47.7 Å². The van der Waals surface area contributed by atoms with E-state index in [2.05, 4.69) is 40.3 Å². The van der Waals surface area contributed by atoms with E-state index in [0.717, 1.165) is 48.7 Å². The summed E-state index contributed by atoms with van der Waals surface area (Å²) >= 11 is 1.84. The van der Waals surface area contributed by atoms with E-state index >= 15 is 0 Å². The zero-order valence-electron chi connectivity index (χ0n) is 15.8. The van der Waals surface area contributed by atoms with Crippen molar-refractivity contribution in [2.45, 2.75) is 23.7 Å². The lowest BCUT2D eigenvalue weighted by atomic mass is 10.0. The third kappa shape index (κ3) is 3.56. The molecule has 4 nitrogen and oxygen atoms in total. The Morgan fingerprint density at radius 3 is 3.07 bits per heavy atom. The van der Waals surface area contributed by atoms with Gasteiger partial charge in [-0.25, -0.2) is 0 Å². The fourth-order valence-electron chi connectivity index (χ4n) is 4.26. The number of carbonyl (C=O) groups excluding carboxylic acids is 1. The van der Waals surface area contributed by atoms with E-state index in [1.807, 2.05) is 30.1 Å². The highest BCUT2D eigenvalue weighted by Gasteiger charge is 2.24. The van der Waals surface area contributed by atoms with E-state index in [-0.39, 0.29) is 5.78 Å². The van der Waals surface area contributed by atoms with Gasteiger partial charge < -0.3 is 14.6 Å². The third-order valence-electron chi connectivity index (χ3n) is 5.84. The second kappa shape index (κ2) is 7.64. The van der Waals surface area contributed by atoms with Gasteiger partial charge in [0.15, 0.2) is 5.78 Å². The van der Waals surface area contributed by atoms with Gasteiger partial charge in [0.25, 0.3) is 0 Å². The Balaban J connectivity index is 1.24. The highest BCUT2D eigenvalue weighted by Crippen LogP contribution is 2.37. The molecule has 0 saturated carbocycles. The van der Waals surface area contributed by atoms with Gasteiger partial charge in [-0.05, 0) is 59.5 Å². The molecule has 144 valence electrons. The first-order chi connectivity index (χ1) is 13.8. The summed E-state index contributed by atoms with van der Waals surface area (Å²) in [6.07, 6.45) is 5.82. The highest BCUT2D eigenvalue weighted by molar-refractivity contribution is 7.99. The smallest absolute Gasteiger partial charge is 0.164 e. The Hall–Kier alpha value is -2.24. The molecule has 1 fully saturated rings. The average molecular weight is 393 g/mol. The Bertz CT molecular complexity index is 999. The third-order valence-corrected chi connectivity index (χ3v) is 6.84. The van der Waals surface area contributed by atoms with E-state index < -0.39 is 0 Å². The predicted octanol–water partition coefficient (Wildman–Crippen LogP) is 4.71. The van der Waals surface area contributed by atoms with Gasteiger partial charge in [-0.3, -0.25) is 4.79 Å². The standard InChI is InChI=1S/C23H24N2O2S/c26-21(5-8-25-7-4-19(15-25)18-3-6-24-14-18)17-2-1-16-13-23-22(12-20(16)11-17)27-9-10-28-23/h1-3,6,11-14,19,24H,4-5,7-10,15H2. The van der Waals surface area contributed by atoms with Crippen LogP contribution in [0.4, 0.5) is 0 Å². The molecule has 0 spiro atoms. The number of thioether (sulfide) groups is 1. The van der Waals surface area contributed by atoms with Crippen LogP contribution in [-0.2, 0) is 0 Å². The van der Waals surface area contributed by atoms with Crippen molar-refractivity contribution in [2.75, 3.05) is 32.0 Å². The molecular formula is C23H24N2O2S. The fraction of sp³-hybridized carbons (Fsp3) is 0.348. The van der Waals surface area contributed by atoms with Gasteiger partial charge in [-0.15, -0.1) is 11.8 Å². The average Bonchev–Trinajstić information content (AvgIpc) is 3.41. The molecule has 1 aromatic heterocycles. The maximum Gasteiger partial charge on any atom is 0.164 e. The minimum absolute atomic E-state index is 0.222. The Morgan fingerprint density at radius 2 is 2.18 bits per heavy atom. The number of nitrogens with zero attached hydrogens (tertiary/aromatic N) is 1. The summed E-state index contributed by atoms with van der Waals surface area (Å²) < 4.78 is 5.77. The Morgan fingerprint density at radius 1 is 1.21 bits per heavy atom. The van der Waals surface area contributed by atoms with Crippen LogP contribution in [0.25, 0.3) is 10.8 Å². The summed E-state index contributed by atoms with van der Waals surface area (Å²) in [6.45, 7) is 3.70. The molecule has 2 aliphatic rings. The summed E-state index contributed by atoms with van der Waals surface area (Å²) in [4.78, 5) is 19.5. The number of hydrogen-bond donors (Lipinski definition) is 1. The van der Waals surface area contributed by atoms with E-state index in [4.69, 9.17) is 4.74 Å². The van der Waals surface area contributed by atoms with Gasteiger partial charge in [0.05, 0.1) is 11.5 Å². The zero-order valence-corrected chi connectivity index (χ0v) is 16.6. The van der Waals surface area contributed by atoms with Crippen LogP contribution < -0.4 is 4.74 Å². The fourth-order valence-corrected chi connectivity index (χ4v) is 5.12. The lowest BCUT2D eigenvalue weighted by Crippen LogP contribution is -2.23. The molecule has 0 amide bonds. The molecule has 1 unspecified atom stereocenters. The number of H-pyrrole nitrogens is 1. The topological polar surface area (TPSA) is 45.3 Å². The van der Waals surface area contributed by atoms with Crippen molar-refractivity contribution >= 4 is 28.3 Å². The van der Waals surface area contributed by atoms with Crippen LogP contribution in [0.3, 0.4) is 0 Å². The molecule has 28 heavy (non-hydrogen) atoms. The van der Waals surface area contributed by atoms with E-state index in [1.54, 1.807) is 0 Å². The number of Topliss-reactive ketones (excluding diaryl/α,β-unsaturated/α-hetero) is 1. The van der Waals surface area contributed by atoms with Gasteiger partial charge in [-0.2, -0.15) is 0 Å². The molecule has 2 aromatic carbocycles. The van der Waals surface area contributed by atoms with Gasteiger partial charge >= 0.3 is 0 Å². The predicted molar refractivity (Wildman–Crippen MR) is 114 cm³/mol. The summed E-state index contributed by atoms with van der Waals surface area (Å²) in [7, 11) is 0. The second-order valence-electron chi connectivity index (χ2n) is 7.66. The van der Waals surface area contributed by atoms with Crippen LogP contribution in [0, 0.1) is 0 Å². The lowest BCUT2D eigenvalue weighted by molar-refractivity contribution is 0.0969. The molecule has 3 aromatic rings. The van der Waals surface area contributed by atoms with Crippen LogP contribution in [0.15, 0.2) is 53.7 Å². The van der Waals surface area contributed by atoms with Gasteiger partial charge in [0.2, 0.25) is 0 Å². The summed E-state index contributed by atoms with van der Waals surface area (Å²) in [5, 5.41) is 2.25. The number of hydrogen-bond acceptors (Lipinski definition) is 4. The van der Waals surface area contributed by atoms with Crippen molar-refractivity contribution in [3.05, 3.63) is 59.9 Å². The maximum atomic E-state index is 12.8. The first-order valence-corrected chi connectivity index (χ1v) is 11.0. The number of nitrogens with one attached hydrogen (secondary N) is 1. The molecule has 0 radical (unpaired) electrons. The van der Waals surface area contributed by atoms with Crippen molar-refractivity contribution in [1.82, 2.24) is 9.88 Å². The molecule has 0 aliphatic carbocycles. The molecule has 2 aliphatic heterocycles. The van der Waals surface area contributed by atoms with E-state index in [9.17, 15) is 4.79 Å². The number of carbonyl (C=O) groups is 1. The largest absolute Gasteiger partial charge is 0.492 e. The van der Waals surface area contributed by atoms with Gasteiger partial charge in [-0.1, -0.05) is 12.1 Å². The van der Waals surface area contributed by atoms with Crippen molar-refractivity contribution < 1.29 is 9.53 Å². The number of likely N-dealkylation sites (tertiary alicyclic amines) is 1. The van der Waals surface area contributed by atoms with Crippen molar-refractivity contribution in [3.8, 4) is 5.75 Å². The number of benzene rings is 2. The minimum Gasteiger partial charge on any atom is -0.492 e. The van der Waals surface area contributed by atoms with Crippen molar-refractivity contribution in [3.63, 3.8) is 0 Å². The molecule has 5 rings (SSSR count). The van der Waals surface area contributed by atoms with Crippen molar-refractivity contribution in [2.24, 2.45) is 0 Å². The monoisotopic (exact) mass is 392 g/mol. The molecule has 1 N–H and O–H groups in total. The Labute approximate surface area is 169 Å². The number of aromatic nitrogens is 1. The summed E-state index contributed by atoms with van der Waals surface area (Å²) in [6, 6.07) is 12.5. The van der Waals surface area contributed by atoms with E-state index in [1.165, 1.54) is 22.3 Å². The molecule has 3 heterocycles. The number of ketones is 1. The van der Waals surface area contributed by atoms with Gasteiger partial charge in [0.1, 0.15) is 5.75 Å². The first-order valence-electron chi connectivity index (χ1n) is 9.98. The summed E-state index contributed by atoms with van der Waals surface area (Å²) in [5.41, 5.74) is 2.18. The SMILES string of the molecule is O=C(CCN1CCC(c2cc[nH]c2)C1)c1ccc2cc3c(cc2c1)OCCS3. The highest BCUT2D eigenvalue weighted by atomic mass is 32.2. The Kier molecular flexibility index (Phi) is 4.87. The van der Waals surface area contributed by atoms with Crippen LogP contribution in [0.2, 0.25) is 0 Å². The van der Waals surface area contributed by atoms with Crippen LogP contribution in [0.1, 0.15) is 34.7 Å². The molecule has 5 heteroatoms. The second-order valence-corrected chi connectivity index (χ2v) is 8.80. The minimum atomic E-state index is 0.222. The number of rotatable bonds is 5. The van der Waals surface area contributed by atoms with E-state index in [0.29, 0.717) is 12.3 Å². The van der Waals surface area contributed by atoms with Crippen LogP contribution in [0.5, 0.6) is 5.75 Å². The first kappa shape index (κ1) is 17.8. The maximum absolute atomic E-state index is 12.8. The van der Waals surface area contributed by atoms with Crippen LogP contribution >= 0.6 is 11.8 Å². The number of aromatic amines is 1. The molecule has 1 saturated heterocycles. The number of ether oxygens (including phenoxy) is 1. The van der Waals surface area contributed by atoms with Crippen molar-refractivity contribution in [1.29, 1.82) is 0 Å². The quantitative estimate of drug-likeness (QED) is 0.639. The molecule has 1 atom stereocenters. The molecule has 0 bridgehead atoms.